The van der Waals surface area contributed by atoms with Crippen LogP contribution in [0.4, 0.5) is 5.69 Å². The molecule has 0 bridgehead atoms. The summed E-state index contributed by atoms with van der Waals surface area (Å²) < 4.78 is 12.4. The number of benzene rings is 2. The van der Waals surface area contributed by atoms with Gasteiger partial charge >= 0.3 is 0 Å². The summed E-state index contributed by atoms with van der Waals surface area (Å²) >= 11 is 0. The van der Waals surface area contributed by atoms with Gasteiger partial charge in [-0.2, -0.15) is 5.10 Å². The molecule has 4 aromatic rings. The van der Waals surface area contributed by atoms with E-state index in [2.05, 4.69) is 10.4 Å². The molecule has 1 N–H and O–H groups in total. The van der Waals surface area contributed by atoms with Crippen LogP contribution in [0.2, 0.25) is 0 Å². The zero-order chi connectivity index (χ0) is 21.3. The lowest BCUT2D eigenvalue weighted by Crippen LogP contribution is -2.15. The number of ether oxygens (including phenoxy) is 2. The van der Waals surface area contributed by atoms with Crippen molar-refractivity contribution in [3.63, 3.8) is 0 Å². The van der Waals surface area contributed by atoms with Gasteiger partial charge < -0.3 is 14.8 Å². The van der Waals surface area contributed by atoms with E-state index in [1.54, 1.807) is 32.4 Å². The van der Waals surface area contributed by atoms with E-state index in [1.807, 2.05) is 42.6 Å². The summed E-state index contributed by atoms with van der Waals surface area (Å²) in [7, 11) is 3.15. The number of aromatic nitrogens is 3. The molecular weight excluding hydrogens is 380 g/mol. The summed E-state index contributed by atoms with van der Waals surface area (Å²) in [5, 5.41) is 8.62. The van der Waals surface area contributed by atoms with Gasteiger partial charge in [-0.25, -0.2) is 9.50 Å². The normalized spacial score (nSPS) is 11.1. The lowest BCUT2D eigenvalue weighted by molar-refractivity contribution is -0.116. The molecule has 0 spiro atoms. The van der Waals surface area contributed by atoms with Crippen LogP contribution in [0.5, 0.6) is 11.5 Å². The van der Waals surface area contributed by atoms with Crippen molar-refractivity contribution in [1.82, 2.24) is 14.6 Å². The first-order valence-electron chi connectivity index (χ1n) is 9.77. The molecule has 0 fully saturated rings. The van der Waals surface area contributed by atoms with Gasteiger partial charge in [-0.3, -0.25) is 4.79 Å². The lowest BCUT2D eigenvalue weighted by Gasteiger charge is -2.13. The van der Waals surface area contributed by atoms with Gasteiger partial charge in [0.05, 0.1) is 25.4 Å². The van der Waals surface area contributed by atoms with Crippen LogP contribution in [-0.2, 0) is 11.2 Å². The Morgan fingerprint density at radius 2 is 1.90 bits per heavy atom. The van der Waals surface area contributed by atoms with Crippen LogP contribution >= 0.6 is 0 Å². The van der Waals surface area contributed by atoms with Gasteiger partial charge in [-0.15, -0.1) is 0 Å². The third-order valence-corrected chi connectivity index (χ3v) is 5.30. The number of amides is 1. The highest BCUT2D eigenvalue weighted by atomic mass is 16.5. The molecule has 0 aliphatic rings. The van der Waals surface area contributed by atoms with Crippen molar-refractivity contribution in [2.24, 2.45) is 0 Å². The van der Waals surface area contributed by atoms with E-state index in [9.17, 15) is 4.79 Å². The highest BCUT2D eigenvalue weighted by Gasteiger charge is 2.15. The number of nitrogens with zero attached hydrogens (tertiary/aromatic N) is 3. The third kappa shape index (κ3) is 3.54. The smallest absolute Gasteiger partial charge is 0.224 e. The fraction of sp³-hybridized carbons (Fsp3) is 0.261. The molecule has 7 heteroatoms. The topological polar surface area (TPSA) is 77.8 Å². The van der Waals surface area contributed by atoms with Crippen molar-refractivity contribution in [3.05, 3.63) is 59.4 Å². The Morgan fingerprint density at radius 3 is 2.67 bits per heavy atom. The molecule has 0 aliphatic heterocycles. The molecule has 0 radical (unpaired) electrons. The number of hydrogen-bond acceptors (Lipinski definition) is 5. The maximum atomic E-state index is 12.6. The van der Waals surface area contributed by atoms with Crippen molar-refractivity contribution in [2.75, 3.05) is 19.5 Å². The SMILES string of the molecule is COc1ccc(NC(=O)CCc2c(C)nc3c4ccccc4nn3c2C)c(OC)c1. The standard InChI is InChI=1S/C23H24N4O3/c1-14-17(15(2)27-23(24-14)18-7-5-6-8-19(18)26-27)10-12-22(28)25-20-11-9-16(29-3)13-21(20)30-4/h5-9,11,13H,10,12H2,1-4H3,(H,25,28). The van der Waals surface area contributed by atoms with E-state index >= 15 is 0 Å². The second-order valence-electron chi connectivity index (χ2n) is 7.13. The van der Waals surface area contributed by atoms with Crippen LogP contribution < -0.4 is 14.8 Å². The minimum absolute atomic E-state index is 0.0945. The van der Waals surface area contributed by atoms with Crippen LogP contribution in [0.3, 0.4) is 0 Å². The number of anilines is 1. The maximum absolute atomic E-state index is 12.6. The summed E-state index contributed by atoms with van der Waals surface area (Å²) in [6.45, 7) is 4.00. The molecule has 2 aromatic carbocycles. The van der Waals surface area contributed by atoms with Gasteiger partial charge in [-0.05, 0) is 50.1 Å². The third-order valence-electron chi connectivity index (χ3n) is 5.30. The highest BCUT2D eigenvalue weighted by molar-refractivity contribution is 5.93. The number of nitrogens with one attached hydrogen (secondary N) is 1. The Morgan fingerprint density at radius 1 is 1.10 bits per heavy atom. The summed E-state index contributed by atoms with van der Waals surface area (Å²) in [4.78, 5) is 17.4. The van der Waals surface area contributed by atoms with Crippen molar-refractivity contribution in [2.45, 2.75) is 26.7 Å². The van der Waals surface area contributed by atoms with Gasteiger partial charge in [0.15, 0.2) is 5.65 Å². The monoisotopic (exact) mass is 404 g/mol. The number of methoxy groups -OCH3 is 2. The van der Waals surface area contributed by atoms with Gasteiger partial charge in [0.1, 0.15) is 11.5 Å². The van der Waals surface area contributed by atoms with Crippen LogP contribution in [-0.4, -0.2) is 34.7 Å². The summed E-state index contributed by atoms with van der Waals surface area (Å²) in [6, 6.07) is 13.3. The Labute approximate surface area is 174 Å². The zero-order valence-corrected chi connectivity index (χ0v) is 17.5. The van der Waals surface area contributed by atoms with Crippen LogP contribution in [0, 0.1) is 13.8 Å². The zero-order valence-electron chi connectivity index (χ0n) is 17.5. The first-order chi connectivity index (χ1) is 14.5. The van der Waals surface area contributed by atoms with E-state index in [1.165, 1.54) is 0 Å². The Bertz CT molecular complexity index is 1250. The molecule has 2 heterocycles. The molecular formula is C23H24N4O3. The number of carbonyl (C=O) groups excluding carboxylic acids is 1. The van der Waals surface area contributed by atoms with Crippen molar-refractivity contribution >= 4 is 28.1 Å². The summed E-state index contributed by atoms with van der Waals surface area (Å²) in [5.41, 5.74) is 5.32. The fourth-order valence-corrected chi connectivity index (χ4v) is 3.69. The van der Waals surface area contributed by atoms with Gasteiger partial charge in [-0.1, -0.05) is 12.1 Å². The average Bonchev–Trinajstić information content (AvgIpc) is 3.12. The minimum Gasteiger partial charge on any atom is -0.497 e. The summed E-state index contributed by atoms with van der Waals surface area (Å²) in [5.74, 6) is 1.13. The van der Waals surface area contributed by atoms with E-state index < -0.39 is 0 Å². The van der Waals surface area contributed by atoms with E-state index in [0.717, 1.165) is 33.5 Å². The van der Waals surface area contributed by atoms with Crippen molar-refractivity contribution in [1.29, 1.82) is 0 Å². The van der Waals surface area contributed by atoms with E-state index in [0.29, 0.717) is 30.0 Å². The number of carbonyl (C=O) groups is 1. The molecule has 0 saturated carbocycles. The number of fused-ring (bicyclic) bond motifs is 3. The Balaban J connectivity index is 1.55. The number of rotatable bonds is 6. The molecule has 4 rings (SSSR count). The Hall–Kier alpha value is -3.61. The Kier molecular flexibility index (Phi) is 5.27. The quantitative estimate of drug-likeness (QED) is 0.524. The molecule has 0 unspecified atom stereocenters. The van der Waals surface area contributed by atoms with Gasteiger partial charge in [0.25, 0.3) is 0 Å². The van der Waals surface area contributed by atoms with Crippen LogP contribution in [0.15, 0.2) is 42.5 Å². The predicted molar refractivity (Wildman–Crippen MR) is 116 cm³/mol. The van der Waals surface area contributed by atoms with Crippen molar-refractivity contribution < 1.29 is 14.3 Å². The van der Waals surface area contributed by atoms with Crippen molar-refractivity contribution in [3.8, 4) is 11.5 Å². The van der Waals surface area contributed by atoms with E-state index in [-0.39, 0.29) is 5.91 Å². The van der Waals surface area contributed by atoms with Crippen LogP contribution in [0.25, 0.3) is 16.6 Å². The first kappa shape index (κ1) is 19.7. The first-order valence-corrected chi connectivity index (χ1v) is 9.77. The second kappa shape index (κ2) is 8.02. The molecule has 2 aromatic heterocycles. The van der Waals surface area contributed by atoms with Gasteiger partial charge in [0, 0.05) is 29.3 Å². The molecule has 0 atom stereocenters. The van der Waals surface area contributed by atoms with Gasteiger partial charge in [0.2, 0.25) is 5.91 Å². The summed E-state index contributed by atoms with van der Waals surface area (Å²) in [6.07, 6.45) is 0.895. The number of aryl methyl sites for hydroxylation is 2. The molecule has 7 nitrogen and oxygen atoms in total. The van der Waals surface area contributed by atoms with Crippen LogP contribution in [0.1, 0.15) is 23.4 Å². The molecule has 0 aliphatic carbocycles. The fourth-order valence-electron chi connectivity index (χ4n) is 3.69. The largest absolute Gasteiger partial charge is 0.497 e. The second-order valence-corrected chi connectivity index (χ2v) is 7.13. The highest BCUT2D eigenvalue weighted by Crippen LogP contribution is 2.29. The number of hydrogen-bond donors (Lipinski definition) is 1. The van der Waals surface area contributed by atoms with E-state index in [4.69, 9.17) is 14.5 Å². The predicted octanol–water partition coefficient (Wildman–Crippen LogP) is 4.09. The molecule has 154 valence electrons. The maximum Gasteiger partial charge on any atom is 0.224 e. The minimum atomic E-state index is -0.0945. The molecule has 1 amide bonds. The molecule has 30 heavy (non-hydrogen) atoms. The lowest BCUT2D eigenvalue weighted by atomic mass is 10.1. The molecule has 0 saturated heterocycles. The average molecular weight is 404 g/mol.